The van der Waals surface area contributed by atoms with E-state index in [9.17, 15) is 0 Å². The minimum Gasteiger partial charge on any atom is -0.394 e. The van der Waals surface area contributed by atoms with E-state index in [0.29, 0.717) is 0 Å². The zero-order chi connectivity index (χ0) is 40.1. The maximum Gasteiger partial charge on any atom is 0.417 e. The molecule has 2 atom stereocenters. The summed E-state index contributed by atoms with van der Waals surface area (Å²) in [5.41, 5.74) is 11.8. The molecular formula is C51H44BN7. The first-order valence-corrected chi connectivity index (χ1v) is 20.2. The molecule has 3 aromatic heterocycles. The van der Waals surface area contributed by atoms with Gasteiger partial charge in [-0.05, 0) is 86.4 Å². The van der Waals surface area contributed by atoms with Crippen LogP contribution in [0.25, 0.3) is 22.8 Å². The fourth-order valence-electron chi connectivity index (χ4n) is 9.26. The van der Waals surface area contributed by atoms with Gasteiger partial charge in [0.15, 0.2) is 0 Å². The number of nitrogens with zero attached hydrogens (tertiary/aromatic N) is 7. The van der Waals surface area contributed by atoms with Crippen LogP contribution in [-0.4, -0.2) is 42.6 Å². The first kappa shape index (κ1) is 36.2. The number of hydrogen-bond acceptors (Lipinski definition) is 4. The molecule has 0 N–H and O–H groups in total. The second-order valence-electron chi connectivity index (χ2n) is 15.7. The number of rotatable bonds is 9. The van der Waals surface area contributed by atoms with Gasteiger partial charge in [0.05, 0.1) is 17.0 Å². The Hall–Kier alpha value is -7.19. The molecule has 0 radical (unpaired) electrons. The van der Waals surface area contributed by atoms with Crippen molar-refractivity contribution in [3.63, 3.8) is 0 Å². The van der Waals surface area contributed by atoms with Crippen molar-refractivity contribution in [2.45, 2.75) is 32.1 Å². The molecule has 8 heteroatoms. The van der Waals surface area contributed by atoms with Crippen LogP contribution in [0.4, 0.5) is 5.69 Å². The second kappa shape index (κ2) is 14.6. The molecule has 0 saturated heterocycles. The van der Waals surface area contributed by atoms with Crippen LogP contribution in [0.5, 0.6) is 0 Å². The topological polar surface area (TPSA) is 56.7 Å². The first-order valence-electron chi connectivity index (χ1n) is 20.2. The quantitative estimate of drug-likeness (QED) is 0.137. The molecule has 0 saturated carbocycles. The minimum atomic E-state index is -0.620. The van der Waals surface area contributed by atoms with E-state index in [-0.39, 0.29) is 12.9 Å². The van der Waals surface area contributed by atoms with Crippen molar-refractivity contribution in [3.05, 3.63) is 234 Å². The summed E-state index contributed by atoms with van der Waals surface area (Å²) in [6.07, 6.45) is 10.2. The van der Waals surface area contributed by atoms with Gasteiger partial charge in [-0.1, -0.05) is 132 Å². The SMILES string of the molecule is Cc1cccc(C)c1B1N(C)c2ccc(C(C)(c3ccccc3)c3nccn3-c3ccccc3)cc2-c2nc([C@@H](c3ccccc3)c3nccn3-c3ccccc3)cn21. The third kappa shape index (κ3) is 6.02. The standard InChI is InChI=1S/C51H44BN7/c1-36-18-17-19-37(2)47(36)52-56(4)45-29-28-40(51(3,39-22-11-6-12-23-39)50-54-31-33-58(50)42-26-15-8-16-27-42)34-43(45)48-55-44(35-59(48)52)46(38-20-9-5-10-21-38)49-53-30-32-57(49)41-24-13-7-14-25-41/h5-35,46H,1-4H3/t46-,51?/m1/s1. The van der Waals surface area contributed by atoms with Gasteiger partial charge >= 0.3 is 6.98 Å². The summed E-state index contributed by atoms with van der Waals surface area (Å²) < 4.78 is 6.80. The first-order chi connectivity index (χ1) is 28.9. The molecule has 1 aliphatic heterocycles. The van der Waals surface area contributed by atoms with E-state index in [0.717, 1.165) is 62.5 Å². The molecule has 1 aliphatic rings. The highest BCUT2D eigenvalue weighted by molar-refractivity contribution is 6.77. The number of fused-ring (bicyclic) bond motifs is 3. The average Bonchev–Trinajstić information content (AvgIpc) is 4.07. The fraction of sp³-hybridized carbons (Fsp3) is 0.118. The van der Waals surface area contributed by atoms with E-state index in [4.69, 9.17) is 15.0 Å². The lowest BCUT2D eigenvalue weighted by atomic mass is 9.60. The van der Waals surface area contributed by atoms with Gasteiger partial charge in [-0.2, -0.15) is 0 Å². The Morgan fingerprint density at radius 2 is 1.20 bits per heavy atom. The summed E-state index contributed by atoms with van der Waals surface area (Å²) >= 11 is 0. The van der Waals surface area contributed by atoms with Crippen LogP contribution >= 0.6 is 0 Å². The van der Waals surface area contributed by atoms with E-state index in [1.807, 2.05) is 18.5 Å². The van der Waals surface area contributed by atoms with Gasteiger partial charge in [0.1, 0.15) is 17.5 Å². The van der Waals surface area contributed by atoms with Gasteiger partial charge in [-0.25, -0.2) is 15.0 Å². The molecule has 9 aromatic rings. The summed E-state index contributed by atoms with van der Waals surface area (Å²) in [5, 5.41) is 0. The van der Waals surface area contributed by atoms with Gasteiger partial charge in [0, 0.05) is 53.6 Å². The number of benzene rings is 6. The number of aryl methyl sites for hydroxylation is 2. The predicted molar refractivity (Wildman–Crippen MR) is 239 cm³/mol. The molecule has 6 aromatic carbocycles. The lowest BCUT2D eigenvalue weighted by molar-refractivity contribution is 0.622. The molecule has 0 aliphatic carbocycles. The Morgan fingerprint density at radius 1 is 0.610 bits per heavy atom. The molecule has 10 rings (SSSR count). The second-order valence-corrected chi connectivity index (χ2v) is 15.7. The number of para-hydroxylation sites is 2. The zero-order valence-electron chi connectivity index (χ0n) is 33.7. The van der Waals surface area contributed by atoms with Crippen LogP contribution in [-0.2, 0) is 5.41 Å². The molecule has 0 spiro atoms. The predicted octanol–water partition coefficient (Wildman–Crippen LogP) is 9.77. The van der Waals surface area contributed by atoms with Crippen molar-refractivity contribution in [1.82, 2.24) is 28.6 Å². The summed E-state index contributed by atoms with van der Waals surface area (Å²) in [7, 11) is 2.22. The molecule has 0 amide bonds. The molecule has 0 bridgehead atoms. The van der Waals surface area contributed by atoms with Crippen molar-refractivity contribution in [2.24, 2.45) is 0 Å². The number of aromatic nitrogens is 6. The maximum atomic E-state index is 5.72. The normalized spacial score (nSPS) is 13.8. The highest BCUT2D eigenvalue weighted by Gasteiger charge is 2.42. The molecule has 59 heavy (non-hydrogen) atoms. The highest BCUT2D eigenvalue weighted by atomic mass is 15.2. The van der Waals surface area contributed by atoms with E-state index in [1.54, 1.807) is 0 Å². The van der Waals surface area contributed by atoms with E-state index in [2.05, 4.69) is 216 Å². The average molecular weight is 766 g/mol. The summed E-state index contributed by atoms with van der Waals surface area (Å²) in [6, 6.07) is 55.8. The van der Waals surface area contributed by atoms with Crippen LogP contribution in [0.1, 0.15) is 58.0 Å². The monoisotopic (exact) mass is 765 g/mol. The third-order valence-electron chi connectivity index (χ3n) is 12.2. The molecule has 1 unspecified atom stereocenters. The van der Waals surface area contributed by atoms with Crippen molar-refractivity contribution in [2.75, 3.05) is 11.9 Å². The van der Waals surface area contributed by atoms with Gasteiger partial charge < -0.3 is 18.4 Å². The lowest BCUT2D eigenvalue weighted by Crippen LogP contribution is -2.56. The van der Waals surface area contributed by atoms with Crippen LogP contribution in [0.15, 0.2) is 189 Å². The maximum absolute atomic E-state index is 5.72. The molecule has 286 valence electrons. The largest absolute Gasteiger partial charge is 0.417 e. The summed E-state index contributed by atoms with van der Waals surface area (Å²) in [6.45, 7) is 6.60. The number of anilines is 1. The van der Waals surface area contributed by atoms with E-state index < -0.39 is 5.41 Å². The molecule has 4 heterocycles. The van der Waals surface area contributed by atoms with Gasteiger partial charge in [0.25, 0.3) is 0 Å². The van der Waals surface area contributed by atoms with E-state index in [1.165, 1.54) is 16.6 Å². The smallest absolute Gasteiger partial charge is 0.394 e. The van der Waals surface area contributed by atoms with Crippen molar-refractivity contribution >= 4 is 18.1 Å². The Morgan fingerprint density at radius 3 is 1.88 bits per heavy atom. The Bertz CT molecular complexity index is 2880. The van der Waals surface area contributed by atoms with Gasteiger partial charge in [0.2, 0.25) is 0 Å². The van der Waals surface area contributed by atoms with Crippen LogP contribution < -0.4 is 10.3 Å². The molecule has 0 fully saturated rings. The molecule has 7 nitrogen and oxygen atoms in total. The van der Waals surface area contributed by atoms with Crippen molar-refractivity contribution < 1.29 is 0 Å². The summed E-state index contributed by atoms with van der Waals surface area (Å²) in [5.74, 6) is 2.53. The number of imidazole rings is 3. The van der Waals surface area contributed by atoms with Gasteiger partial charge in [-0.15, -0.1) is 0 Å². The van der Waals surface area contributed by atoms with Crippen LogP contribution in [0.3, 0.4) is 0 Å². The zero-order valence-corrected chi connectivity index (χ0v) is 33.7. The van der Waals surface area contributed by atoms with Gasteiger partial charge in [-0.3, -0.25) is 0 Å². The Kier molecular flexibility index (Phi) is 8.98. The molecular weight excluding hydrogens is 721 g/mol. The summed E-state index contributed by atoms with van der Waals surface area (Å²) in [4.78, 5) is 18.3. The van der Waals surface area contributed by atoms with Crippen molar-refractivity contribution in [3.8, 4) is 22.8 Å². The van der Waals surface area contributed by atoms with E-state index >= 15 is 0 Å². The van der Waals surface area contributed by atoms with Crippen LogP contribution in [0, 0.1) is 13.8 Å². The highest BCUT2D eigenvalue weighted by Crippen LogP contribution is 2.45. The third-order valence-corrected chi connectivity index (χ3v) is 12.2. The minimum absolute atomic E-state index is 0.131. The van der Waals surface area contributed by atoms with Crippen LogP contribution in [0.2, 0.25) is 0 Å². The number of hydrogen-bond donors (Lipinski definition) is 0. The Balaban J connectivity index is 1.22. The Labute approximate surface area is 346 Å². The lowest BCUT2D eigenvalue weighted by Gasteiger charge is -2.38. The fourth-order valence-corrected chi connectivity index (χ4v) is 9.26. The van der Waals surface area contributed by atoms with Crippen molar-refractivity contribution in [1.29, 1.82) is 0 Å².